The van der Waals surface area contributed by atoms with Crippen LogP contribution in [0.1, 0.15) is 58.8 Å². The molecule has 0 unspecified atom stereocenters. The van der Waals surface area contributed by atoms with E-state index < -0.39 is 0 Å². The number of rotatable bonds is 0. The Kier molecular flexibility index (Phi) is 3.54. The van der Waals surface area contributed by atoms with Crippen LogP contribution >= 0.6 is 0 Å². The molecular formula is C21H26O2. The summed E-state index contributed by atoms with van der Waals surface area (Å²) >= 11 is 0. The minimum atomic E-state index is -0.154. The molecule has 0 bridgehead atoms. The summed E-state index contributed by atoms with van der Waals surface area (Å²) in [6, 6.07) is 0. The lowest BCUT2D eigenvalue weighted by Gasteiger charge is -2.50. The van der Waals surface area contributed by atoms with Crippen LogP contribution in [0.3, 0.4) is 0 Å². The largest absolute Gasteiger partial charge is 0.393 e. The Labute approximate surface area is 139 Å². The molecule has 0 saturated heterocycles. The van der Waals surface area contributed by atoms with Crippen molar-refractivity contribution in [1.82, 2.24) is 0 Å². The van der Waals surface area contributed by atoms with Crippen LogP contribution in [0, 0.1) is 35.0 Å². The van der Waals surface area contributed by atoms with Gasteiger partial charge in [0.1, 0.15) is 0 Å². The third-order valence-electron chi connectivity index (χ3n) is 7.06. The molecule has 0 aromatic carbocycles. The zero-order valence-corrected chi connectivity index (χ0v) is 14.2. The summed E-state index contributed by atoms with van der Waals surface area (Å²) in [5, 5.41) is 10.5. The van der Waals surface area contributed by atoms with Crippen molar-refractivity contribution in [3.05, 3.63) is 22.8 Å². The molecule has 2 nitrogen and oxygen atoms in total. The Balaban J connectivity index is 1.82. The Hall–Kier alpha value is -1.33. The number of carbonyl (C=O) groups is 1. The number of ketones is 1. The van der Waals surface area contributed by atoms with Crippen LogP contribution < -0.4 is 0 Å². The molecule has 0 aliphatic heterocycles. The van der Waals surface area contributed by atoms with Crippen molar-refractivity contribution in [2.75, 3.05) is 0 Å². The van der Waals surface area contributed by atoms with Crippen LogP contribution in [0.2, 0.25) is 0 Å². The molecule has 122 valence electrons. The van der Waals surface area contributed by atoms with Crippen molar-refractivity contribution in [2.45, 2.75) is 64.9 Å². The third-order valence-corrected chi connectivity index (χ3v) is 7.06. The summed E-state index contributed by atoms with van der Waals surface area (Å²) in [4.78, 5) is 11.9. The van der Waals surface area contributed by atoms with Gasteiger partial charge in [0, 0.05) is 12.3 Å². The average Bonchev–Trinajstić information content (AvgIpc) is 2.83. The van der Waals surface area contributed by atoms with E-state index in [1.165, 1.54) is 11.1 Å². The second-order valence-electron chi connectivity index (χ2n) is 8.08. The number of fused-ring (bicyclic) bond motifs is 4. The van der Waals surface area contributed by atoms with Gasteiger partial charge in [0.2, 0.25) is 0 Å². The highest BCUT2D eigenvalue weighted by molar-refractivity contribution is 5.93. The summed E-state index contributed by atoms with van der Waals surface area (Å²) in [5.74, 6) is 8.25. The van der Waals surface area contributed by atoms with Gasteiger partial charge in [0.05, 0.1) is 6.10 Å². The molecule has 0 aromatic heterocycles. The van der Waals surface area contributed by atoms with E-state index >= 15 is 0 Å². The van der Waals surface area contributed by atoms with Gasteiger partial charge in [-0.1, -0.05) is 18.4 Å². The van der Waals surface area contributed by atoms with Crippen LogP contribution in [0.4, 0.5) is 0 Å². The highest BCUT2D eigenvalue weighted by atomic mass is 16.3. The summed E-state index contributed by atoms with van der Waals surface area (Å²) in [6.07, 6.45) is 8.49. The predicted molar refractivity (Wildman–Crippen MR) is 90.5 cm³/mol. The molecule has 0 radical (unpaired) electrons. The van der Waals surface area contributed by atoms with Gasteiger partial charge in [0.25, 0.3) is 0 Å². The number of hydrogen-bond donors (Lipinski definition) is 1. The first-order chi connectivity index (χ1) is 11.0. The van der Waals surface area contributed by atoms with Gasteiger partial charge in [-0.25, -0.2) is 0 Å². The SMILES string of the molecule is CC#C[C@@H]1CC2=CC(=O)CCC2=C2CC[C@]3(C)[C@@H](O)CC[C@H]3[C@@H]21. The second-order valence-corrected chi connectivity index (χ2v) is 8.08. The number of allylic oxidation sites excluding steroid dienone is 4. The van der Waals surface area contributed by atoms with E-state index in [2.05, 4.69) is 18.8 Å². The fourth-order valence-electron chi connectivity index (χ4n) is 5.88. The smallest absolute Gasteiger partial charge is 0.156 e. The van der Waals surface area contributed by atoms with Crippen molar-refractivity contribution >= 4 is 5.78 Å². The lowest BCUT2D eigenvalue weighted by Crippen LogP contribution is -2.44. The highest BCUT2D eigenvalue weighted by Gasteiger charge is 2.55. The molecule has 5 atom stereocenters. The Bertz CT molecular complexity index is 672. The Morgan fingerprint density at radius 3 is 2.87 bits per heavy atom. The topological polar surface area (TPSA) is 37.3 Å². The minimum absolute atomic E-state index is 0.0636. The second kappa shape index (κ2) is 5.35. The van der Waals surface area contributed by atoms with Gasteiger partial charge in [-0.15, -0.1) is 5.92 Å². The Morgan fingerprint density at radius 1 is 1.26 bits per heavy atom. The van der Waals surface area contributed by atoms with Crippen molar-refractivity contribution in [3.8, 4) is 11.8 Å². The van der Waals surface area contributed by atoms with Gasteiger partial charge in [-0.05, 0) is 79.9 Å². The maximum atomic E-state index is 11.9. The number of carbonyl (C=O) groups excluding carboxylic acids is 1. The molecule has 1 N–H and O–H groups in total. The van der Waals surface area contributed by atoms with Gasteiger partial charge >= 0.3 is 0 Å². The van der Waals surface area contributed by atoms with Crippen molar-refractivity contribution in [2.24, 2.45) is 23.2 Å². The molecular weight excluding hydrogens is 284 g/mol. The molecule has 0 aromatic rings. The van der Waals surface area contributed by atoms with E-state index in [1.54, 1.807) is 5.57 Å². The Morgan fingerprint density at radius 2 is 2.09 bits per heavy atom. The zero-order chi connectivity index (χ0) is 16.2. The van der Waals surface area contributed by atoms with Crippen LogP contribution in [0.15, 0.2) is 22.8 Å². The van der Waals surface area contributed by atoms with Crippen LogP contribution in [-0.4, -0.2) is 17.0 Å². The maximum Gasteiger partial charge on any atom is 0.156 e. The van der Waals surface area contributed by atoms with Gasteiger partial charge in [-0.2, -0.15) is 0 Å². The van der Waals surface area contributed by atoms with E-state index in [4.69, 9.17) is 0 Å². The summed E-state index contributed by atoms with van der Waals surface area (Å²) in [6.45, 7) is 4.22. The van der Waals surface area contributed by atoms with Gasteiger partial charge < -0.3 is 5.11 Å². The van der Waals surface area contributed by atoms with E-state index in [9.17, 15) is 9.90 Å². The normalized spacial score (nSPS) is 42.2. The average molecular weight is 310 g/mol. The summed E-state index contributed by atoms with van der Waals surface area (Å²) in [7, 11) is 0. The van der Waals surface area contributed by atoms with Gasteiger partial charge in [0.15, 0.2) is 5.78 Å². The first-order valence-corrected chi connectivity index (χ1v) is 9.10. The van der Waals surface area contributed by atoms with E-state index in [-0.39, 0.29) is 17.3 Å². The monoisotopic (exact) mass is 310 g/mol. The minimum Gasteiger partial charge on any atom is -0.393 e. The highest BCUT2D eigenvalue weighted by Crippen LogP contribution is 2.61. The molecule has 0 heterocycles. The van der Waals surface area contributed by atoms with Crippen molar-refractivity contribution in [1.29, 1.82) is 0 Å². The molecule has 23 heavy (non-hydrogen) atoms. The number of aliphatic hydroxyl groups excluding tert-OH is 1. The van der Waals surface area contributed by atoms with Crippen molar-refractivity contribution < 1.29 is 9.90 Å². The molecule has 4 aliphatic carbocycles. The number of aliphatic hydroxyl groups is 1. The summed E-state index contributed by atoms with van der Waals surface area (Å²) < 4.78 is 0. The fraction of sp³-hybridized carbons (Fsp3) is 0.667. The molecule has 2 fully saturated rings. The van der Waals surface area contributed by atoms with E-state index in [0.29, 0.717) is 24.2 Å². The molecule has 0 spiro atoms. The quantitative estimate of drug-likeness (QED) is 0.691. The first kappa shape index (κ1) is 15.2. The van der Waals surface area contributed by atoms with E-state index in [1.807, 2.05) is 13.0 Å². The van der Waals surface area contributed by atoms with Crippen LogP contribution in [0.5, 0.6) is 0 Å². The molecule has 4 aliphatic rings. The third kappa shape index (κ3) is 2.17. The molecule has 4 rings (SSSR count). The fourth-order valence-corrected chi connectivity index (χ4v) is 5.88. The molecule has 2 saturated carbocycles. The van der Waals surface area contributed by atoms with Crippen LogP contribution in [0.25, 0.3) is 0 Å². The lowest BCUT2D eigenvalue weighted by atomic mass is 9.54. The lowest BCUT2D eigenvalue weighted by molar-refractivity contribution is -0.114. The zero-order valence-electron chi connectivity index (χ0n) is 14.2. The number of hydrogen-bond acceptors (Lipinski definition) is 2. The molecule has 0 amide bonds. The summed E-state index contributed by atoms with van der Waals surface area (Å²) in [5.41, 5.74) is 4.39. The predicted octanol–water partition coefficient (Wildman–Crippen LogP) is 3.80. The van der Waals surface area contributed by atoms with E-state index in [0.717, 1.165) is 38.5 Å². The van der Waals surface area contributed by atoms with Crippen LogP contribution in [-0.2, 0) is 4.79 Å². The maximum absolute atomic E-state index is 11.9. The van der Waals surface area contributed by atoms with Gasteiger partial charge in [-0.3, -0.25) is 4.79 Å². The van der Waals surface area contributed by atoms with Crippen molar-refractivity contribution in [3.63, 3.8) is 0 Å². The first-order valence-electron chi connectivity index (χ1n) is 9.10. The molecule has 2 heteroatoms. The standard InChI is InChI=1S/C21H26O2/c1-3-4-13-11-14-12-15(22)5-6-16(14)17-9-10-21(2)18(20(13)17)7-8-19(21)23/h12-13,18-20,23H,5-11H2,1-2H3/t13-,18+,19+,20-,21+/m1/s1.